The van der Waals surface area contributed by atoms with Gasteiger partial charge in [0.05, 0.1) is 0 Å². The summed E-state index contributed by atoms with van der Waals surface area (Å²) in [5.41, 5.74) is -0.489. The highest BCUT2D eigenvalue weighted by molar-refractivity contribution is 7.21. The van der Waals surface area contributed by atoms with Crippen molar-refractivity contribution in [2.24, 2.45) is 0 Å². The topological polar surface area (TPSA) is 39.2 Å². The zero-order valence-electron chi connectivity index (χ0n) is 7.83. The van der Waals surface area contributed by atoms with E-state index in [-0.39, 0.29) is 0 Å². The maximum Gasteiger partial charge on any atom is 0.367 e. The molecule has 1 aromatic heterocycles. The summed E-state index contributed by atoms with van der Waals surface area (Å²) < 4.78 is 5.61. The molecular weight excluding hydrogens is 185 g/mol. The first-order valence-electron chi connectivity index (χ1n) is 3.83. The molecule has 1 rings (SSSR count). The van der Waals surface area contributed by atoms with Crippen molar-refractivity contribution in [2.75, 3.05) is 0 Å². The second kappa shape index (κ2) is 3.50. The average molecular weight is 195 g/mol. The number of hydrogen-bond acceptors (Lipinski definition) is 4. The molecule has 0 spiro atoms. The van der Waals surface area contributed by atoms with Crippen LogP contribution in [-0.4, -0.2) is 24.4 Å². The number of nitrogens with zero attached hydrogens (tertiary/aromatic N) is 1. The molecule has 0 aliphatic carbocycles. The largest absolute Gasteiger partial charge is 0.455 e. The van der Waals surface area contributed by atoms with Gasteiger partial charge in [-0.05, 0) is 25.5 Å². The van der Waals surface area contributed by atoms with Gasteiger partial charge in [-0.1, -0.05) is 0 Å². The highest BCUT2D eigenvalue weighted by Crippen LogP contribution is 2.12. The Morgan fingerprint density at radius 3 is 2.62 bits per heavy atom. The Labute approximate surface area is 82.5 Å². The van der Waals surface area contributed by atoms with Crippen LogP contribution in [0.15, 0.2) is 6.20 Å². The molecule has 0 saturated carbocycles. The van der Waals surface area contributed by atoms with Crippen LogP contribution < -0.4 is 4.78 Å². The van der Waals surface area contributed by atoms with Gasteiger partial charge < -0.3 is 4.74 Å². The SMILES string of the molecule is [B]c1cnc(C(=O)OC(C)(C)C)s1. The molecule has 0 atom stereocenters. The van der Waals surface area contributed by atoms with Crippen molar-refractivity contribution < 1.29 is 9.53 Å². The number of carbonyl (C=O) groups excluding carboxylic acids is 1. The average Bonchev–Trinajstić information content (AvgIpc) is 2.31. The van der Waals surface area contributed by atoms with E-state index in [1.54, 1.807) is 0 Å². The molecule has 0 saturated heterocycles. The number of ether oxygens (including phenoxy) is 1. The van der Waals surface area contributed by atoms with Gasteiger partial charge in [0.15, 0.2) is 0 Å². The highest BCUT2D eigenvalue weighted by atomic mass is 32.1. The normalized spacial score (nSPS) is 11.3. The fraction of sp³-hybridized carbons (Fsp3) is 0.500. The van der Waals surface area contributed by atoms with Crippen LogP contribution in [0.1, 0.15) is 30.6 Å². The van der Waals surface area contributed by atoms with E-state index in [2.05, 4.69) is 4.98 Å². The molecule has 3 nitrogen and oxygen atoms in total. The van der Waals surface area contributed by atoms with Gasteiger partial charge in [0.25, 0.3) is 0 Å². The fourth-order valence-electron chi connectivity index (χ4n) is 0.703. The summed E-state index contributed by atoms with van der Waals surface area (Å²) in [6.07, 6.45) is 1.45. The van der Waals surface area contributed by atoms with E-state index in [0.717, 1.165) is 11.3 Å². The van der Waals surface area contributed by atoms with Crippen LogP contribution in [0.2, 0.25) is 0 Å². The second-order valence-electron chi connectivity index (χ2n) is 3.57. The fourth-order valence-corrected chi connectivity index (χ4v) is 1.26. The van der Waals surface area contributed by atoms with E-state index in [1.165, 1.54) is 6.20 Å². The van der Waals surface area contributed by atoms with Crippen molar-refractivity contribution in [2.45, 2.75) is 26.4 Å². The number of aromatic nitrogens is 1. The van der Waals surface area contributed by atoms with Gasteiger partial charge in [-0.15, -0.1) is 11.3 Å². The monoisotopic (exact) mass is 195 g/mol. The number of rotatable bonds is 1. The molecular formula is C8H10BNO2S. The number of hydrogen-bond donors (Lipinski definition) is 0. The van der Waals surface area contributed by atoms with Crippen LogP contribution in [0, 0.1) is 0 Å². The Morgan fingerprint density at radius 2 is 2.23 bits per heavy atom. The molecule has 68 valence electrons. The molecule has 0 amide bonds. The lowest BCUT2D eigenvalue weighted by molar-refractivity contribution is 0.00692. The molecule has 0 bridgehead atoms. The second-order valence-corrected chi connectivity index (χ2v) is 4.63. The smallest absolute Gasteiger partial charge is 0.367 e. The molecule has 2 radical (unpaired) electrons. The predicted octanol–water partition coefficient (Wildman–Crippen LogP) is 0.892. The predicted molar refractivity (Wildman–Crippen MR) is 52.7 cm³/mol. The summed E-state index contributed by atoms with van der Waals surface area (Å²) in [6.45, 7) is 5.42. The van der Waals surface area contributed by atoms with Gasteiger partial charge in [-0.3, -0.25) is 0 Å². The molecule has 0 aliphatic rings. The zero-order chi connectivity index (χ0) is 10.1. The van der Waals surface area contributed by atoms with E-state index < -0.39 is 11.6 Å². The Kier molecular flexibility index (Phi) is 2.76. The van der Waals surface area contributed by atoms with Crippen molar-refractivity contribution in [3.63, 3.8) is 0 Å². The van der Waals surface area contributed by atoms with Crippen LogP contribution in [0.3, 0.4) is 0 Å². The van der Waals surface area contributed by atoms with E-state index in [1.807, 2.05) is 20.8 Å². The third-order valence-electron chi connectivity index (χ3n) is 1.10. The standard InChI is InChI=1S/C8H10BNO2S/c1-8(2,3)12-7(11)6-10-4-5(9)13-6/h4H,1-3H3. The van der Waals surface area contributed by atoms with Crippen LogP contribution in [0.4, 0.5) is 0 Å². The molecule has 0 aromatic carbocycles. The first-order valence-corrected chi connectivity index (χ1v) is 4.65. The van der Waals surface area contributed by atoms with Gasteiger partial charge in [-0.25, -0.2) is 9.78 Å². The van der Waals surface area contributed by atoms with E-state index >= 15 is 0 Å². The van der Waals surface area contributed by atoms with Crippen LogP contribution in [0.25, 0.3) is 0 Å². The van der Waals surface area contributed by atoms with Crippen LogP contribution in [-0.2, 0) is 4.74 Å². The third-order valence-corrected chi connectivity index (χ3v) is 1.90. The minimum absolute atomic E-state index is 0.299. The Balaban J connectivity index is 2.70. The molecule has 13 heavy (non-hydrogen) atoms. The minimum Gasteiger partial charge on any atom is -0.455 e. The first-order chi connectivity index (χ1) is 5.88. The minimum atomic E-state index is -0.489. The summed E-state index contributed by atoms with van der Waals surface area (Å²) in [5.74, 6) is -0.422. The summed E-state index contributed by atoms with van der Waals surface area (Å²) in [7, 11) is 5.43. The van der Waals surface area contributed by atoms with Crippen LogP contribution in [0.5, 0.6) is 0 Å². The van der Waals surface area contributed by atoms with Crippen molar-refractivity contribution in [1.29, 1.82) is 0 Å². The van der Waals surface area contributed by atoms with Crippen LogP contribution >= 0.6 is 11.3 Å². The summed E-state index contributed by atoms with van der Waals surface area (Å²) in [5, 5.41) is 0.299. The van der Waals surface area contributed by atoms with Crippen molar-refractivity contribution >= 4 is 29.9 Å². The number of carbonyl (C=O) groups is 1. The molecule has 0 fully saturated rings. The maximum atomic E-state index is 11.3. The van der Waals surface area contributed by atoms with E-state index in [4.69, 9.17) is 12.6 Å². The molecule has 1 aromatic rings. The Bertz CT molecular complexity index is 316. The summed E-state index contributed by atoms with van der Waals surface area (Å²) in [6, 6.07) is 0. The Morgan fingerprint density at radius 1 is 1.62 bits per heavy atom. The van der Waals surface area contributed by atoms with Gasteiger partial charge in [-0.2, -0.15) is 0 Å². The lowest BCUT2D eigenvalue weighted by Gasteiger charge is -2.18. The molecule has 1 heterocycles. The molecule has 0 aliphatic heterocycles. The highest BCUT2D eigenvalue weighted by Gasteiger charge is 2.19. The molecule has 0 unspecified atom stereocenters. The third kappa shape index (κ3) is 3.18. The Hall–Kier alpha value is -0.835. The molecule has 0 N–H and O–H groups in total. The van der Waals surface area contributed by atoms with Gasteiger partial charge in [0.1, 0.15) is 13.4 Å². The van der Waals surface area contributed by atoms with Crippen molar-refractivity contribution in [3.05, 3.63) is 11.2 Å². The lowest BCUT2D eigenvalue weighted by Crippen LogP contribution is -2.23. The van der Waals surface area contributed by atoms with Crippen molar-refractivity contribution in [1.82, 2.24) is 4.98 Å². The number of esters is 1. The summed E-state index contributed by atoms with van der Waals surface area (Å²) in [4.78, 5) is 15.2. The van der Waals surface area contributed by atoms with E-state index in [9.17, 15) is 4.79 Å². The van der Waals surface area contributed by atoms with Crippen molar-refractivity contribution in [3.8, 4) is 0 Å². The van der Waals surface area contributed by atoms with Gasteiger partial charge in [0.2, 0.25) is 5.01 Å². The lowest BCUT2D eigenvalue weighted by atomic mass is 10.1. The van der Waals surface area contributed by atoms with E-state index in [0.29, 0.717) is 9.78 Å². The quantitative estimate of drug-likeness (QED) is 0.493. The van der Waals surface area contributed by atoms with Gasteiger partial charge >= 0.3 is 5.97 Å². The van der Waals surface area contributed by atoms with Gasteiger partial charge in [0, 0.05) is 6.20 Å². The maximum absolute atomic E-state index is 11.3. The first kappa shape index (κ1) is 10.2. The zero-order valence-corrected chi connectivity index (χ0v) is 8.64. The molecule has 5 heteroatoms. The number of thiazole rings is 1. The summed E-state index contributed by atoms with van der Waals surface area (Å²) >= 11 is 1.13.